The van der Waals surface area contributed by atoms with E-state index in [1.807, 2.05) is 19.1 Å². The van der Waals surface area contributed by atoms with Crippen molar-refractivity contribution in [1.29, 1.82) is 0 Å². The van der Waals surface area contributed by atoms with E-state index >= 15 is 0 Å². The highest BCUT2D eigenvalue weighted by atomic mass is 16.4. The monoisotopic (exact) mass is 194 g/mol. The summed E-state index contributed by atoms with van der Waals surface area (Å²) in [6.45, 7) is 1.96. The summed E-state index contributed by atoms with van der Waals surface area (Å²) in [5.74, 6) is 1.85. The van der Waals surface area contributed by atoms with E-state index in [9.17, 15) is 0 Å². The molecule has 3 N–H and O–H groups in total. The molecule has 3 nitrogen and oxygen atoms in total. The highest BCUT2D eigenvalue weighted by Crippen LogP contribution is 2.22. The van der Waals surface area contributed by atoms with E-state index < -0.39 is 0 Å². The standard InChI is InChI=1S/C11H18N2O/c1-8-2-7-11(14-8)13-10-5-3-9(12)4-6-10/h2,7,9-10,13H,3-6,12H2,1H3. The molecule has 0 aliphatic heterocycles. The molecule has 2 rings (SSSR count). The quantitative estimate of drug-likeness (QED) is 0.759. The Kier molecular flexibility index (Phi) is 2.77. The second-order valence-electron chi connectivity index (χ2n) is 4.17. The molecule has 3 heteroatoms. The summed E-state index contributed by atoms with van der Waals surface area (Å²) in [6, 6.07) is 4.92. The fourth-order valence-electron chi connectivity index (χ4n) is 1.98. The van der Waals surface area contributed by atoms with E-state index in [0.29, 0.717) is 12.1 Å². The van der Waals surface area contributed by atoms with Crippen molar-refractivity contribution in [3.05, 3.63) is 17.9 Å². The van der Waals surface area contributed by atoms with E-state index in [1.54, 1.807) is 0 Å². The molecule has 0 amide bonds. The van der Waals surface area contributed by atoms with E-state index in [1.165, 1.54) is 0 Å². The largest absolute Gasteiger partial charge is 0.446 e. The molecule has 78 valence electrons. The van der Waals surface area contributed by atoms with E-state index in [-0.39, 0.29) is 0 Å². The van der Waals surface area contributed by atoms with Crippen LogP contribution in [0.15, 0.2) is 16.5 Å². The summed E-state index contributed by atoms with van der Waals surface area (Å²) < 4.78 is 5.47. The van der Waals surface area contributed by atoms with Gasteiger partial charge in [0, 0.05) is 18.2 Å². The highest BCUT2D eigenvalue weighted by molar-refractivity contribution is 5.33. The first kappa shape index (κ1) is 9.59. The summed E-state index contributed by atoms with van der Waals surface area (Å²) >= 11 is 0. The van der Waals surface area contributed by atoms with Crippen LogP contribution in [0.3, 0.4) is 0 Å². The minimum atomic E-state index is 0.409. The lowest BCUT2D eigenvalue weighted by Gasteiger charge is -2.26. The summed E-state index contributed by atoms with van der Waals surface area (Å²) in [7, 11) is 0. The molecule has 0 saturated heterocycles. The first-order valence-electron chi connectivity index (χ1n) is 5.32. The van der Waals surface area contributed by atoms with Crippen LogP contribution in [0, 0.1) is 6.92 Å². The third-order valence-corrected chi connectivity index (χ3v) is 2.86. The van der Waals surface area contributed by atoms with Crippen molar-refractivity contribution in [3.8, 4) is 0 Å². The van der Waals surface area contributed by atoms with Crippen molar-refractivity contribution in [1.82, 2.24) is 0 Å². The van der Waals surface area contributed by atoms with Crippen molar-refractivity contribution in [3.63, 3.8) is 0 Å². The number of hydrogen-bond donors (Lipinski definition) is 2. The van der Waals surface area contributed by atoms with Gasteiger partial charge in [-0.05, 0) is 38.7 Å². The second kappa shape index (κ2) is 4.05. The minimum absolute atomic E-state index is 0.409. The Balaban J connectivity index is 1.86. The van der Waals surface area contributed by atoms with Crippen LogP contribution in [0.4, 0.5) is 5.88 Å². The number of hydrogen-bond acceptors (Lipinski definition) is 3. The molecule has 1 aliphatic carbocycles. The minimum Gasteiger partial charge on any atom is -0.446 e. The Labute approximate surface area is 84.7 Å². The maximum atomic E-state index is 5.84. The molecular weight excluding hydrogens is 176 g/mol. The summed E-state index contributed by atoms with van der Waals surface area (Å²) in [5, 5.41) is 3.40. The molecule has 0 aromatic carbocycles. The van der Waals surface area contributed by atoms with Gasteiger partial charge in [-0.15, -0.1) is 0 Å². The molecule has 0 bridgehead atoms. The van der Waals surface area contributed by atoms with Crippen molar-refractivity contribution in [2.24, 2.45) is 5.73 Å². The summed E-state index contributed by atoms with van der Waals surface area (Å²) in [6.07, 6.45) is 4.55. The maximum Gasteiger partial charge on any atom is 0.193 e. The predicted octanol–water partition coefficient (Wildman–Crippen LogP) is 2.27. The van der Waals surface area contributed by atoms with Gasteiger partial charge in [0.25, 0.3) is 0 Å². The van der Waals surface area contributed by atoms with Gasteiger partial charge < -0.3 is 15.5 Å². The van der Waals surface area contributed by atoms with Crippen molar-refractivity contribution in [2.45, 2.75) is 44.7 Å². The van der Waals surface area contributed by atoms with Crippen molar-refractivity contribution in [2.75, 3.05) is 5.32 Å². The normalized spacial score (nSPS) is 27.6. The van der Waals surface area contributed by atoms with Gasteiger partial charge in [-0.25, -0.2) is 0 Å². The number of nitrogens with two attached hydrogens (primary N) is 1. The molecule has 1 heterocycles. The fraction of sp³-hybridized carbons (Fsp3) is 0.636. The molecule has 1 fully saturated rings. The summed E-state index contributed by atoms with van der Waals surface area (Å²) in [5.41, 5.74) is 5.84. The van der Waals surface area contributed by atoms with Gasteiger partial charge >= 0.3 is 0 Å². The Bertz CT molecular complexity index is 287. The Hall–Kier alpha value is -0.960. The lowest BCUT2D eigenvalue weighted by molar-refractivity contribution is 0.403. The van der Waals surface area contributed by atoms with E-state index in [4.69, 9.17) is 10.2 Å². The molecule has 1 aromatic rings. The van der Waals surface area contributed by atoms with Gasteiger partial charge in [-0.3, -0.25) is 0 Å². The first-order valence-corrected chi connectivity index (χ1v) is 5.32. The topological polar surface area (TPSA) is 51.2 Å². The molecule has 1 aromatic heterocycles. The Morgan fingerprint density at radius 1 is 1.29 bits per heavy atom. The average Bonchev–Trinajstić information content (AvgIpc) is 2.56. The van der Waals surface area contributed by atoms with Gasteiger partial charge in [0.2, 0.25) is 0 Å². The smallest absolute Gasteiger partial charge is 0.193 e. The van der Waals surface area contributed by atoms with Crippen molar-refractivity contribution < 1.29 is 4.42 Å². The molecular formula is C11H18N2O. The first-order chi connectivity index (χ1) is 6.74. The van der Waals surface area contributed by atoms with Crippen LogP contribution in [-0.4, -0.2) is 12.1 Å². The lowest BCUT2D eigenvalue weighted by Crippen LogP contribution is -2.32. The SMILES string of the molecule is Cc1ccc(NC2CCC(N)CC2)o1. The fourth-order valence-corrected chi connectivity index (χ4v) is 1.98. The number of aryl methyl sites for hydroxylation is 1. The average molecular weight is 194 g/mol. The van der Waals surface area contributed by atoms with Gasteiger partial charge in [0.15, 0.2) is 5.88 Å². The zero-order chi connectivity index (χ0) is 9.97. The van der Waals surface area contributed by atoms with Gasteiger partial charge in [0.1, 0.15) is 5.76 Å². The third-order valence-electron chi connectivity index (χ3n) is 2.86. The van der Waals surface area contributed by atoms with Crippen LogP contribution in [0.5, 0.6) is 0 Å². The van der Waals surface area contributed by atoms with Gasteiger partial charge in [-0.2, -0.15) is 0 Å². The number of rotatable bonds is 2. The second-order valence-corrected chi connectivity index (χ2v) is 4.17. The molecule has 0 radical (unpaired) electrons. The van der Waals surface area contributed by atoms with Crippen LogP contribution >= 0.6 is 0 Å². The number of furan rings is 1. The van der Waals surface area contributed by atoms with Gasteiger partial charge in [-0.1, -0.05) is 0 Å². The van der Waals surface area contributed by atoms with Crippen LogP contribution in [-0.2, 0) is 0 Å². The molecule has 1 saturated carbocycles. The number of nitrogens with one attached hydrogen (secondary N) is 1. The summed E-state index contributed by atoms with van der Waals surface area (Å²) in [4.78, 5) is 0. The highest BCUT2D eigenvalue weighted by Gasteiger charge is 2.18. The zero-order valence-corrected chi connectivity index (χ0v) is 8.62. The van der Waals surface area contributed by atoms with Crippen LogP contribution in [0.2, 0.25) is 0 Å². The van der Waals surface area contributed by atoms with Crippen molar-refractivity contribution >= 4 is 5.88 Å². The van der Waals surface area contributed by atoms with Crippen LogP contribution in [0.25, 0.3) is 0 Å². The Morgan fingerprint density at radius 3 is 2.57 bits per heavy atom. The Morgan fingerprint density at radius 2 is 2.00 bits per heavy atom. The third kappa shape index (κ3) is 2.29. The lowest BCUT2D eigenvalue weighted by atomic mass is 9.92. The zero-order valence-electron chi connectivity index (χ0n) is 8.62. The van der Waals surface area contributed by atoms with E-state index in [2.05, 4.69) is 5.32 Å². The molecule has 0 spiro atoms. The van der Waals surface area contributed by atoms with E-state index in [0.717, 1.165) is 37.3 Å². The van der Waals surface area contributed by atoms with Crippen LogP contribution in [0.1, 0.15) is 31.4 Å². The molecule has 1 aliphatic rings. The molecule has 0 unspecified atom stereocenters. The maximum absolute atomic E-state index is 5.84. The molecule has 14 heavy (non-hydrogen) atoms. The van der Waals surface area contributed by atoms with Crippen LogP contribution < -0.4 is 11.1 Å². The predicted molar refractivity (Wildman–Crippen MR) is 57.3 cm³/mol. The number of anilines is 1. The molecule has 0 atom stereocenters. The van der Waals surface area contributed by atoms with Gasteiger partial charge in [0.05, 0.1) is 0 Å².